The van der Waals surface area contributed by atoms with Gasteiger partial charge >= 0.3 is 0 Å². The molecule has 0 radical (unpaired) electrons. The van der Waals surface area contributed by atoms with Gasteiger partial charge in [0.25, 0.3) is 5.91 Å². The monoisotopic (exact) mass is 425 g/mol. The van der Waals surface area contributed by atoms with Crippen molar-refractivity contribution >= 4 is 34.7 Å². The quantitative estimate of drug-likeness (QED) is 0.439. The molecule has 0 aliphatic heterocycles. The summed E-state index contributed by atoms with van der Waals surface area (Å²) in [6.45, 7) is 4.13. The Morgan fingerprint density at radius 3 is 2.91 bits per heavy atom. The van der Waals surface area contributed by atoms with Gasteiger partial charge in [0, 0.05) is 11.9 Å². The molecular weight excluding hydrogens is 409 g/mol. The second-order valence-corrected chi connectivity index (χ2v) is 5.83. The predicted octanol–water partition coefficient (Wildman–Crippen LogP) is 2.86. The molecule has 0 saturated heterocycles. The highest BCUT2D eigenvalue weighted by Crippen LogP contribution is 2.32. The number of phenols is 1. The number of aromatic nitrogens is 1. The van der Waals surface area contributed by atoms with Crippen LogP contribution in [0.15, 0.2) is 35.6 Å². The van der Waals surface area contributed by atoms with Gasteiger partial charge in [-0.3, -0.25) is 9.78 Å². The molecule has 1 aromatic heterocycles. The lowest BCUT2D eigenvalue weighted by Gasteiger charge is -2.08. The van der Waals surface area contributed by atoms with Crippen molar-refractivity contribution in [1.82, 2.24) is 10.4 Å². The van der Waals surface area contributed by atoms with Crippen LogP contribution in [0.3, 0.4) is 0 Å². The van der Waals surface area contributed by atoms with Crippen LogP contribution < -0.4 is 10.2 Å². The fourth-order valence-electron chi connectivity index (χ4n) is 1.77. The van der Waals surface area contributed by atoms with E-state index in [9.17, 15) is 9.90 Å². The Bertz CT molecular complexity index is 730. The third kappa shape index (κ3) is 4.65. The van der Waals surface area contributed by atoms with Gasteiger partial charge in [0.1, 0.15) is 0 Å². The van der Waals surface area contributed by atoms with E-state index in [0.717, 1.165) is 5.69 Å². The van der Waals surface area contributed by atoms with Crippen LogP contribution in [0, 0.1) is 10.5 Å². The van der Waals surface area contributed by atoms with Crippen molar-refractivity contribution < 1.29 is 14.6 Å². The lowest BCUT2D eigenvalue weighted by Crippen LogP contribution is -2.17. The van der Waals surface area contributed by atoms with E-state index in [-0.39, 0.29) is 11.7 Å². The van der Waals surface area contributed by atoms with Crippen LogP contribution in [-0.4, -0.2) is 28.8 Å². The first-order valence-electron chi connectivity index (χ1n) is 6.92. The lowest BCUT2D eigenvalue weighted by molar-refractivity contribution is 0.0955. The van der Waals surface area contributed by atoms with Crippen LogP contribution in [0.4, 0.5) is 0 Å². The molecule has 1 heterocycles. The van der Waals surface area contributed by atoms with Crippen molar-refractivity contribution in [2.45, 2.75) is 13.8 Å². The third-order valence-corrected chi connectivity index (χ3v) is 3.73. The standard InChI is InChI=1S/C16H16IN3O3/c1-3-23-14-7-11(6-13(17)15(14)21)8-19-20-16(22)12-5-4-10(2)18-9-12/h4-9,21H,3H2,1-2H3,(H,20,22)/b19-8-. The number of amides is 1. The minimum Gasteiger partial charge on any atom is -0.504 e. The Morgan fingerprint density at radius 2 is 2.26 bits per heavy atom. The normalized spacial score (nSPS) is 10.7. The molecule has 2 aromatic rings. The molecule has 0 bridgehead atoms. The zero-order valence-corrected chi connectivity index (χ0v) is 14.9. The number of hydrogen-bond acceptors (Lipinski definition) is 5. The van der Waals surface area contributed by atoms with Gasteiger partial charge in [-0.05, 0) is 66.3 Å². The van der Waals surface area contributed by atoms with E-state index in [1.165, 1.54) is 12.4 Å². The van der Waals surface area contributed by atoms with Crippen LogP contribution in [-0.2, 0) is 0 Å². The SMILES string of the molecule is CCOc1cc(/C=N\NC(=O)c2ccc(C)nc2)cc(I)c1O. The maximum absolute atomic E-state index is 11.9. The molecule has 0 fully saturated rings. The Morgan fingerprint density at radius 1 is 1.48 bits per heavy atom. The van der Waals surface area contributed by atoms with Gasteiger partial charge in [-0.15, -0.1) is 0 Å². The largest absolute Gasteiger partial charge is 0.504 e. The van der Waals surface area contributed by atoms with Crippen molar-refractivity contribution in [2.24, 2.45) is 5.10 Å². The number of carbonyl (C=O) groups is 1. The van der Waals surface area contributed by atoms with Crippen molar-refractivity contribution in [3.8, 4) is 11.5 Å². The minimum absolute atomic E-state index is 0.0966. The first-order chi connectivity index (χ1) is 11.0. The summed E-state index contributed by atoms with van der Waals surface area (Å²) in [6, 6.07) is 6.84. The number of benzene rings is 1. The molecule has 1 amide bonds. The molecule has 2 N–H and O–H groups in total. The van der Waals surface area contributed by atoms with Crippen LogP contribution in [0.25, 0.3) is 0 Å². The number of halogens is 1. The fourth-order valence-corrected chi connectivity index (χ4v) is 2.39. The van der Waals surface area contributed by atoms with Gasteiger partial charge in [-0.25, -0.2) is 5.43 Å². The maximum Gasteiger partial charge on any atom is 0.272 e. The van der Waals surface area contributed by atoms with Crippen LogP contribution >= 0.6 is 22.6 Å². The molecule has 7 heteroatoms. The Balaban J connectivity index is 2.08. The number of pyridine rings is 1. The summed E-state index contributed by atoms with van der Waals surface area (Å²) in [5.74, 6) is 0.140. The molecule has 0 atom stereocenters. The van der Waals surface area contributed by atoms with E-state index in [4.69, 9.17) is 4.74 Å². The Kier molecular flexibility index (Phi) is 5.91. The average Bonchev–Trinajstić information content (AvgIpc) is 2.53. The number of aryl methyl sites for hydroxylation is 1. The molecule has 2 rings (SSSR count). The molecule has 0 unspecified atom stereocenters. The van der Waals surface area contributed by atoms with Crippen molar-refractivity contribution in [2.75, 3.05) is 6.61 Å². The fraction of sp³-hybridized carbons (Fsp3) is 0.188. The van der Waals surface area contributed by atoms with Gasteiger partial charge in [0.15, 0.2) is 11.5 Å². The lowest BCUT2D eigenvalue weighted by atomic mass is 10.2. The molecule has 1 aromatic carbocycles. The summed E-state index contributed by atoms with van der Waals surface area (Å²) in [4.78, 5) is 16.0. The second-order valence-electron chi connectivity index (χ2n) is 4.67. The van der Waals surface area contributed by atoms with E-state index in [2.05, 4.69) is 15.5 Å². The summed E-state index contributed by atoms with van der Waals surface area (Å²) in [5.41, 5.74) is 4.42. The topological polar surface area (TPSA) is 83.8 Å². The van der Waals surface area contributed by atoms with Crippen LogP contribution in [0.1, 0.15) is 28.5 Å². The van der Waals surface area contributed by atoms with Crippen LogP contribution in [0.2, 0.25) is 0 Å². The summed E-state index contributed by atoms with van der Waals surface area (Å²) in [7, 11) is 0. The average molecular weight is 425 g/mol. The van der Waals surface area contributed by atoms with Crippen molar-refractivity contribution in [3.05, 3.63) is 50.9 Å². The number of hydrazone groups is 1. The highest BCUT2D eigenvalue weighted by molar-refractivity contribution is 14.1. The summed E-state index contributed by atoms with van der Waals surface area (Å²) in [6.07, 6.45) is 2.99. The molecule has 6 nitrogen and oxygen atoms in total. The number of ether oxygens (including phenoxy) is 1. The zero-order chi connectivity index (χ0) is 16.8. The summed E-state index contributed by atoms with van der Waals surface area (Å²) < 4.78 is 6.00. The molecule has 23 heavy (non-hydrogen) atoms. The van der Waals surface area contributed by atoms with E-state index in [1.807, 2.05) is 36.4 Å². The molecule has 0 aliphatic carbocycles. The van der Waals surface area contributed by atoms with Gasteiger partial charge in [0.2, 0.25) is 0 Å². The smallest absolute Gasteiger partial charge is 0.272 e. The first kappa shape index (κ1) is 17.2. The minimum atomic E-state index is -0.341. The number of rotatable bonds is 5. The molecular formula is C16H16IN3O3. The summed E-state index contributed by atoms with van der Waals surface area (Å²) in [5, 5.41) is 13.8. The molecule has 0 aliphatic rings. The van der Waals surface area contributed by atoms with Crippen molar-refractivity contribution in [3.63, 3.8) is 0 Å². The van der Waals surface area contributed by atoms with E-state index < -0.39 is 0 Å². The highest BCUT2D eigenvalue weighted by Gasteiger charge is 2.08. The Hall–Kier alpha value is -2.16. The Labute approximate surface area is 147 Å². The number of aromatic hydroxyl groups is 1. The van der Waals surface area contributed by atoms with E-state index in [0.29, 0.717) is 27.1 Å². The second kappa shape index (κ2) is 7.91. The van der Waals surface area contributed by atoms with Gasteiger partial charge in [-0.1, -0.05) is 0 Å². The highest BCUT2D eigenvalue weighted by atomic mass is 127. The predicted molar refractivity (Wildman–Crippen MR) is 96.0 cm³/mol. The summed E-state index contributed by atoms with van der Waals surface area (Å²) >= 11 is 2.01. The number of carbonyl (C=O) groups excluding carboxylic acids is 1. The van der Waals surface area contributed by atoms with Crippen molar-refractivity contribution in [1.29, 1.82) is 0 Å². The maximum atomic E-state index is 11.9. The van der Waals surface area contributed by atoms with Gasteiger partial charge in [0.05, 0.1) is 22.0 Å². The third-order valence-electron chi connectivity index (χ3n) is 2.90. The molecule has 120 valence electrons. The number of nitrogens with zero attached hydrogens (tertiary/aromatic N) is 2. The van der Waals surface area contributed by atoms with E-state index >= 15 is 0 Å². The first-order valence-corrected chi connectivity index (χ1v) is 8.00. The zero-order valence-electron chi connectivity index (χ0n) is 12.7. The molecule has 0 spiro atoms. The van der Waals surface area contributed by atoms with Crippen LogP contribution in [0.5, 0.6) is 11.5 Å². The van der Waals surface area contributed by atoms with E-state index in [1.54, 1.807) is 24.3 Å². The van der Waals surface area contributed by atoms with Gasteiger partial charge < -0.3 is 9.84 Å². The number of nitrogens with one attached hydrogen (secondary N) is 1. The number of phenolic OH excluding ortho intramolecular Hbond substituents is 1. The number of hydrogen-bond donors (Lipinski definition) is 2. The molecule has 0 saturated carbocycles. The van der Waals surface area contributed by atoms with Gasteiger partial charge in [-0.2, -0.15) is 5.10 Å².